The Morgan fingerprint density at radius 3 is 2.56 bits per heavy atom. The van der Waals surface area contributed by atoms with Crippen molar-refractivity contribution >= 4 is 51.4 Å². The lowest BCUT2D eigenvalue weighted by Gasteiger charge is -2.15. The standard InChI is InChI=1S/C29H22ClNO4S/c1-34-25-14-6-10-21(27(25)35-18-19-7-4-12-23(30)15-19)16-26-28(32)31(29(33)36-26)17-22-11-5-9-20-8-2-3-13-24(20)22/h2-16H,17-18H2,1H3/b26-16-. The monoisotopic (exact) mass is 515 g/mol. The Morgan fingerprint density at radius 2 is 1.72 bits per heavy atom. The minimum Gasteiger partial charge on any atom is -0.493 e. The maximum atomic E-state index is 13.3. The van der Waals surface area contributed by atoms with Crippen LogP contribution in [0.25, 0.3) is 16.8 Å². The Bertz CT molecular complexity index is 1490. The Balaban J connectivity index is 1.42. The number of imide groups is 1. The summed E-state index contributed by atoms with van der Waals surface area (Å²) in [6, 6.07) is 26.7. The number of ether oxygens (including phenoxy) is 2. The van der Waals surface area contributed by atoms with E-state index in [1.165, 1.54) is 4.90 Å². The highest BCUT2D eigenvalue weighted by Crippen LogP contribution is 2.38. The molecule has 1 saturated heterocycles. The average Bonchev–Trinajstić information content (AvgIpc) is 3.15. The van der Waals surface area contributed by atoms with Crippen molar-refractivity contribution in [1.82, 2.24) is 4.90 Å². The van der Waals surface area contributed by atoms with Crippen LogP contribution in [-0.4, -0.2) is 23.2 Å². The molecule has 4 aromatic carbocycles. The number of amides is 2. The summed E-state index contributed by atoms with van der Waals surface area (Å²) in [5, 5.41) is 2.41. The molecule has 0 N–H and O–H groups in total. The fourth-order valence-corrected chi connectivity index (χ4v) is 5.16. The van der Waals surface area contributed by atoms with Gasteiger partial charge in [-0.3, -0.25) is 14.5 Å². The molecule has 5 nitrogen and oxygen atoms in total. The number of benzene rings is 4. The van der Waals surface area contributed by atoms with E-state index in [9.17, 15) is 9.59 Å². The highest BCUT2D eigenvalue weighted by molar-refractivity contribution is 8.18. The molecule has 7 heteroatoms. The van der Waals surface area contributed by atoms with Crippen molar-refractivity contribution in [2.24, 2.45) is 0 Å². The van der Waals surface area contributed by atoms with Crippen LogP contribution in [-0.2, 0) is 17.9 Å². The highest BCUT2D eigenvalue weighted by atomic mass is 35.5. The van der Waals surface area contributed by atoms with Gasteiger partial charge in [0.25, 0.3) is 11.1 Å². The molecule has 4 aromatic rings. The summed E-state index contributed by atoms with van der Waals surface area (Å²) >= 11 is 7.02. The summed E-state index contributed by atoms with van der Waals surface area (Å²) in [6.07, 6.45) is 1.68. The van der Waals surface area contributed by atoms with E-state index >= 15 is 0 Å². The number of fused-ring (bicyclic) bond motifs is 1. The number of carbonyl (C=O) groups is 2. The van der Waals surface area contributed by atoms with Crippen LogP contribution >= 0.6 is 23.4 Å². The van der Waals surface area contributed by atoms with Gasteiger partial charge in [0.05, 0.1) is 18.6 Å². The number of carbonyl (C=O) groups excluding carboxylic acids is 2. The van der Waals surface area contributed by atoms with E-state index in [0.29, 0.717) is 27.0 Å². The van der Waals surface area contributed by atoms with Gasteiger partial charge in [0.2, 0.25) is 0 Å². The van der Waals surface area contributed by atoms with Gasteiger partial charge in [-0.05, 0) is 57.9 Å². The van der Waals surface area contributed by atoms with Gasteiger partial charge in [-0.25, -0.2) is 0 Å². The molecule has 5 rings (SSSR count). The predicted molar refractivity (Wildman–Crippen MR) is 144 cm³/mol. The van der Waals surface area contributed by atoms with Crippen molar-refractivity contribution in [1.29, 1.82) is 0 Å². The maximum absolute atomic E-state index is 13.3. The summed E-state index contributed by atoms with van der Waals surface area (Å²) in [6.45, 7) is 0.476. The van der Waals surface area contributed by atoms with Gasteiger partial charge in [0.1, 0.15) is 6.61 Å². The molecular weight excluding hydrogens is 494 g/mol. The van der Waals surface area contributed by atoms with Crippen LogP contribution in [0.15, 0.2) is 89.8 Å². The average molecular weight is 516 g/mol. The molecule has 0 atom stereocenters. The first-order chi connectivity index (χ1) is 17.5. The summed E-state index contributed by atoms with van der Waals surface area (Å²) in [7, 11) is 1.56. The van der Waals surface area contributed by atoms with E-state index in [-0.39, 0.29) is 24.3 Å². The first-order valence-electron chi connectivity index (χ1n) is 11.3. The van der Waals surface area contributed by atoms with E-state index in [1.807, 2.05) is 72.8 Å². The number of hydrogen-bond donors (Lipinski definition) is 0. The largest absolute Gasteiger partial charge is 0.493 e. The zero-order valence-corrected chi connectivity index (χ0v) is 21.0. The molecule has 0 saturated carbocycles. The van der Waals surface area contributed by atoms with Crippen molar-refractivity contribution in [3.63, 3.8) is 0 Å². The minimum absolute atomic E-state index is 0.208. The van der Waals surface area contributed by atoms with Crippen LogP contribution in [0.2, 0.25) is 5.02 Å². The van der Waals surface area contributed by atoms with Crippen molar-refractivity contribution in [3.05, 3.63) is 112 Å². The molecule has 1 fully saturated rings. The Labute approximate surface area is 218 Å². The van der Waals surface area contributed by atoms with Crippen LogP contribution in [0.3, 0.4) is 0 Å². The maximum Gasteiger partial charge on any atom is 0.293 e. The number of nitrogens with zero attached hydrogens (tertiary/aromatic N) is 1. The number of rotatable bonds is 7. The fraction of sp³-hybridized carbons (Fsp3) is 0.103. The molecule has 36 heavy (non-hydrogen) atoms. The number of halogens is 1. The van der Waals surface area contributed by atoms with Gasteiger partial charge >= 0.3 is 0 Å². The first-order valence-corrected chi connectivity index (χ1v) is 12.5. The van der Waals surface area contributed by atoms with E-state index in [4.69, 9.17) is 21.1 Å². The Hall–Kier alpha value is -3.74. The van der Waals surface area contributed by atoms with Gasteiger partial charge in [-0.1, -0.05) is 78.3 Å². The molecule has 0 aromatic heterocycles. The third-order valence-corrected chi connectivity index (χ3v) is 7.01. The summed E-state index contributed by atoms with van der Waals surface area (Å²) in [5.41, 5.74) is 2.46. The third-order valence-electron chi connectivity index (χ3n) is 5.87. The zero-order valence-electron chi connectivity index (χ0n) is 19.4. The molecule has 1 aliphatic rings. The van der Waals surface area contributed by atoms with E-state index in [1.54, 1.807) is 25.3 Å². The van der Waals surface area contributed by atoms with Crippen LogP contribution in [0, 0.1) is 0 Å². The lowest BCUT2D eigenvalue weighted by Crippen LogP contribution is -2.27. The van der Waals surface area contributed by atoms with Gasteiger partial charge in [0, 0.05) is 10.6 Å². The summed E-state index contributed by atoms with van der Waals surface area (Å²) in [4.78, 5) is 27.7. The molecule has 0 bridgehead atoms. The van der Waals surface area contributed by atoms with Crippen molar-refractivity contribution in [3.8, 4) is 11.5 Å². The van der Waals surface area contributed by atoms with Crippen molar-refractivity contribution in [2.75, 3.05) is 7.11 Å². The molecular formula is C29H22ClNO4S. The SMILES string of the molecule is COc1cccc(/C=C2\SC(=O)N(Cc3cccc4ccccc34)C2=O)c1OCc1cccc(Cl)c1. The van der Waals surface area contributed by atoms with Gasteiger partial charge in [-0.15, -0.1) is 0 Å². The van der Waals surface area contributed by atoms with Gasteiger partial charge in [-0.2, -0.15) is 0 Å². The Kier molecular flexibility index (Phi) is 6.98. The quantitative estimate of drug-likeness (QED) is 0.241. The van der Waals surface area contributed by atoms with Gasteiger partial charge in [0.15, 0.2) is 11.5 Å². The van der Waals surface area contributed by atoms with Crippen LogP contribution in [0.1, 0.15) is 16.7 Å². The number of para-hydroxylation sites is 1. The molecule has 0 aliphatic carbocycles. The van der Waals surface area contributed by atoms with Crippen molar-refractivity contribution < 1.29 is 19.1 Å². The fourth-order valence-electron chi connectivity index (χ4n) is 4.12. The summed E-state index contributed by atoms with van der Waals surface area (Å²) in [5.74, 6) is 0.683. The topological polar surface area (TPSA) is 55.8 Å². The first kappa shape index (κ1) is 24.0. The third kappa shape index (κ3) is 4.96. The smallest absolute Gasteiger partial charge is 0.293 e. The highest BCUT2D eigenvalue weighted by Gasteiger charge is 2.35. The van der Waals surface area contributed by atoms with Crippen LogP contribution in [0.4, 0.5) is 4.79 Å². The second kappa shape index (κ2) is 10.5. The summed E-state index contributed by atoms with van der Waals surface area (Å²) < 4.78 is 11.6. The van der Waals surface area contributed by atoms with Crippen LogP contribution < -0.4 is 9.47 Å². The molecule has 0 radical (unpaired) electrons. The minimum atomic E-state index is -0.332. The van der Waals surface area contributed by atoms with E-state index in [2.05, 4.69) is 0 Å². The zero-order chi connectivity index (χ0) is 25.1. The molecule has 1 heterocycles. The number of methoxy groups -OCH3 is 1. The normalized spacial score (nSPS) is 14.6. The molecule has 0 spiro atoms. The van der Waals surface area contributed by atoms with Gasteiger partial charge < -0.3 is 9.47 Å². The predicted octanol–water partition coefficient (Wildman–Crippen LogP) is 7.32. The number of thioether (sulfide) groups is 1. The van der Waals surface area contributed by atoms with E-state index in [0.717, 1.165) is 33.7 Å². The van der Waals surface area contributed by atoms with Crippen molar-refractivity contribution in [2.45, 2.75) is 13.2 Å². The lowest BCUT2D eigenvalue weighted by molar-refractivity contribution is -0.123. The van der Waals surface area contributed by atoms with Crippen LogP contribution in [0.5, 0.6) is 11.5 Å². The van der Waals surface area contributed by atoms with E-state index < -0.39 is 0 Å². The molecule has 1 aliphatic heterocycles. The second-order valence-electron chi connectivity index (χ2n) is 8.20. The molecule has 180 valence electrons. The number of hydrogen-bond acceptors (Lipinski definition) is 5. The lowest BCUT2D eigenvalue weighted by atomic mass is 10.0. The Morgan fingerprint density at radius 1 is 0.944 bits per heavy atom. The molecule has 0 unspecified atom stereocenters. The molecule has 2 amide bonds. The second-order valence-corrected chi connectivity index (χ2v) is 9.63.